The van der Waals surface area contributed by atoms with Crippen LogP contribution in [0.15, 0.2) is 28.7 Å². The van der Waals surface area contributed by atoms with Crippen LogP contribution in [-0.4, -0.2) is 15.7 Å². The van der Waals surface area contributed by atoms with Crippen molar-refractivity contribution in [2.45, 2.75) is 33.2 Å². The molecule has 0 aliphatic rings. The number of hydrogen-bond donors (Lipinski definition) is 2. The predicted octanol–water partition coefficient (Wildman–Crippen LogP) is 4.36. The Morgan fingerprint density at radius 2 is 1.78 bits per heavy atom. The van der Waals surface area contributed by atoms with Gasteiger partial charge in [-0.25, -0.2) is 0 Å². The van der Waals surface area contributed by atoms with Crippen LogP contribution in [0.2, 0.25) is 0 Å². The number of aromatic nitrogens is 2. The number of nitrogens with zero attached hydrogens (tertiary/aromatic N) is 1. The summed E-state index contributed by atoms with van der Waals surface area (Å²) in [4.78, 5) is 0. The fourth-order valence-corrected chi connectivity index (χ4v) is 2.04. The van der Waals surface area contributed by atoms with Crippen molar-refractivity contribution in [1.82, 2.24) is 10.2 Å². The van der Waals surface area contributed by atoms with Crippen molar-refractivity contribution in [3.8, 4) is 11.3 Å². The molecule has 0 fully saturated rings. The molecule has 1 aromatic heterocycles. The second-order valence-corrected chi connectivity index (χ2v) is 6.37. The summed E-state index contributed by atoms with van der Waals surface area (Å²) in [6.45, 7) is 8.45. The number of aromatic amines is 1. The van der Waals surface area contributed by atoms with Gasteiger partial charge in [-0.3, -0.25) is 5.10 Å². The van der Waals surface area contributed by atoms with Crippen LogP contribution in [0.25, 0.3) is 11.3 Å². The summed E-state index contributed by atoms with van der Waals surface area (Å²) in [6, 6.07) is 8.22. The van der Waals surface area contributed by atoms with Crippen molar-refractivity contribution in [2.24, 2.45) is 0 Å². The number of nitrogens with one attached hydrogen (secondary N) is 2. The summed E-state index contributed by atoms with van der Waals surface area (Å²) >= 11 is 3.44. The zero-order valence-electron chi connectivity index (χ0n) is 11.1. The summed E-state index contributed by atoms with van der Waals surface area (Å²) in [5, 5.41) is 10.9. The normalized spacial score (nSPS) is 11.6. The van der Waals surface area contributed by atoms with Crippen LogP contribution < -0.4 is 5.32 Å². The Bertz CT molecular complexity index is 535. The molecule has 0 saturated heterocycles. The molecule has 1 aromatic carbocycles. The second-order valence-electron chi connectivity index (χ2n) is 5.45. The fourth-order valence-electron chi connectivity index (χ4n) is 1.77. The van der Waals surface area contributed by atoms with Gasteiger partial charge in [-0.1, -0.05) is 28.1 Å². The van der Waals surface area contributed by atoms with E-state index in [1.807, 2.05) is 12.1 Å². The van der Waals surface area contributed by atoms with Crippen LogP contribution in [0, 0.1) is 6.92 Å². The highest BCUT2D eigenvalue weighted by atomic mass is 79.9. The van der Waals surface area contributed by atoms with Gasteiger partial charge in [0.2, 0.25) is 0 Å². The first-order valence-electron chi connectivity index (χ1n) is 5.96. The highest BCUT2D eigenvalue weighted by molar-refractivity contribution is 9.10. The molecule has 18 heavy (non-hydrogen) atoms. The molecule has 0 unspecified atom stereocenters. The minimum Gasteiger partial charge on any atom is -0.364 e. The standard InChI is InChI=1S/C14H18BrN3/c1-9-12(10-5-7-11(15)8-6-10)17-18-13(9)16-14(2,3)4/h5-8H,1-4H3,(H2,16,17,18). The summed E-state index contributed by atoms with van der Waals surface area (Å²) in [5.41, 5.74) is 3.36. The van der Waals surface area contributed by atoms with Crippen molar-refractivity contribution in [3.05, 3.63) is 34.3 Å². The second kappa shape index (κ2) is 4.76. The van der Waals surface area contributed by atoms with E-state index >= 15 is 0 Å². The highest BCUT2D eigenvalue weighted by Gasteiger charge is 2.16. The summed E-state index contributed by atoms with van der Waals surface area (Å²) in [5.74, 6) is 0.917. The van der Waals surface area contributed by atoms with Crippen LogP contribution >= 0.6 is 15.9 Å². The van der Waals surface area contributed by atoms with Gasteiger partial charge in [0, 0.05) is 15.6 Å². The first kappa shape index (κ1) is 13.1. The predicted molar refractivity (Wildman–Crippen MR) is 79.8 cm³/mol. The van der Waals surface area contributed by atoms with Gasteiger partial charge < -0.3 is 5.32 Å². The smallest absolute Gasteiger partial charge is 0.151 e. The molecular formula is C14H18BrN3. The van der Waals surface area contributed by atoms with Crippen LogP contribution in [0.3, 0.4) is 0 Å². The van der Waals surface area contributed by atoms with E-state index in [0.717, 1.165) is 27.1 Å². The first-order valence-corrected chi connectivity index (χ1v) is 6.75. The maximum Gasteiger partial charge on any atom is 0.151 e. The molecule has 0 saturated carbocycles. The van der Waals surface area contributed by atoms with E-state index in [-0.39, 0.29) is 5.54 Å². The van der Waals surface area contributed by atoms with Gasteiger partial charge in [0.25, 0.3) is 0 Å². The SMILES string of the molecule is Cc1c(NC(C)(C)C)n[nH]c1-c1ccc(Br)cc1. The third kappa shape index (κ3) is 2.93. The lowest BCUT2D eigenvalue weighted by molar-refractivity contribution is 0.629. The van der Waals surface area contributed by atoms with Crippen LogP contribution in [0.1, 0.15) is 26.3 Å². The van der Waals surface area contributed by atoms with Gasteiger partial charge in [-0.2, -0.15) is 5.10 Å². The zero-order valence-corrected chi connectivity index (χ0v) is 12.7. The first-order chi connectivity index (χ1) is 8.37. The maximum absolute atomic E-state index is 4.35. The Labute approximate surface area is 116 Å². The average Bonchev–Trinajstić information content (AvgIpc) is 2.60. The van der Waals surface area contributed by atoms with E-state index < -0.39 is 0 Å². The third-order valence-corrected chi connectivity index (χ3v) is 3.16. The monoisotopic (exact) mass is 307 g/mol. The van der Waals surface area contributed by atoms with Crippen LogP contribution in [0.5, 0.6) is 0 Å². The van der Waals surface area contributed by atoms with Crippen LogP contribution in [-0.2, 0) is 0 Å². The molecule has 4 heteroatoms. The molecule has 0 radical (unpaired) electrons. The summed E-state index contributed by atoms with van der Waals surface area (Å²) < 4.78 is 1.08. The van der Waals surface area contributed by atoms with Gasteiger partial charge in [0.15, 0.2) is 5.82 Å². The van der Waals surface area contributed by atoms with Crippen molar-refractivity contribution >= 4 is 21.7 Å². The Balaban J connectivity index is 2.33. The number of anilines is 1. The highest BCUT2D eigenvalue weighted by Crippen LogP contribution is 2.28. The Morgan fingerprint density at radius 1 is 1.17 bits per heavy atom. The molecule has 96 valence electrons. The molecule has 0 spiro atoms. The van der Waals surface area contributed by atoms with Gasteiger partial charge in [-0.15, -0.1) is 0 Å². The fraction of sp³-hybridized carbons (Fsp3) is 0.357. The van der Waals surface area contributed by atoms with Crippen LogP contribution in [0.4, 0.5) is 5.82 Å². The summed E-state index contributed by atoms with van der Waals surface area (Å²) in [7, 11) is 0. The van der Waals surface area contributed by atoms with Gasteiger partial charge in [-0.05, 0) is 45.4 Å². The van der Waals surface area contributed by atoms with Crippen molar-refractivity contribution in [2.75, 3.05) is 5.32 Å². The van der Waals surface area contributed by atoms with Crippen molar-refractivity contribution < 1.29 is 0 Å². The maximum atomic E-state index is 4.35. The van der Waals surface area contributed by atoms with E-state index in [1.54, 1.807) is 0 Å². The Morgan fingerprint density at radius 3 is 2.33 bits per heavy atom. The minimum absolute atomic E-state index is 0.0109. The average molecular weight is 308 g/mol. The number of benzene rings is 1. The lowest BCUT2D eigenvalue weighted by Gasteiger charge is -2.20. The van der Waals surface area contributed by atoms with Gasteiger partial charge in [0.1, 0.15) is 0 Å². The van der Waals surface area contributed by atoms with E-state index in [9.17, 15) is 0 Å². The molecule has 0 aliphatic heterocycles. The number of H-pyrrole nitrogens is 1. The van der Waals surface area contributed by atoms with Gasteiger partial charge in [0.05, 0.1) is 5.69 Å². The Kier molecular flexibility index (Phi) is 3.48. The zero-order chi connectivity index (χ0) is 13.3. The lowest BCUT2D eigenvalue weighted by atomic mass is 10.1. The van der Waals surface area contributed by atoms with Crippen molar-refractivity contribution in [1.29, 1.82) is 0 Å². The number of rotatable bonds is 2. The van der Waals surface area contributed by atoms with E-state index in [0.29, 0.717) is 0 Å². The summed E-state index contributed by atoms with van der Waals surface area (Å²) in [6.07, 6.45) is 0. The molecule has 0 amide bonds. The largest absolute Gasteiger partial charge is 0.364 e. The number of halogens is 1. The Hall–Kier alpha value is -1.29. The molecule has 2 N–H and O–H groups in total. The molecule has 0 aliphatic carbocycles. The minimum atomic E-state index is 0.0109. The van der Waals surface area contributed by atoms with E-state index in [2.05, 4.69) is 71.3 Å². The van der Waals surface area contributed by atoms with E-state index in [1.165, 1.54) is 0 Å². The molecule has 3 nitrogen and oxygen atoms in total. The number of hydrogen-bond acceptors (Lipinski definition) is 2. The molecule has 0 bridgehead atoms. The molecule has 2 rings (SSSR count). The van der Waals surface area contributed by atoms with E-state index in [4.69, 9.17) is 0 Å². The molecule has 2 aromatic rings. The quantitative estimate of drug-likeness (QED) is 0.865. The molecule has 0 atom stereocenters. The van der Waals surface area contributed by atoms with Gasteiger partial charge >= 0.3 is 0 Å². The van der Waals surface area contributed by atoms with Crippen molar-refractivity contribution in [3.63, 3.8) is 0 Å². The molecular weight excluding hydrogens is 290 g/mol. The third-order valence-electron chi connectivity index (χ3n) is 2.64. The topological polar surface area (TPSA) is 40.7 Å². The lowest BCUT2D eigenvalue weighted by Crippen LogP contribution is -2.26. The molecule has 1 heterocycles.